The number of anilines is 1. The Balaban J connectivity index is 2.16. The third-order valence-corrected chi connectivity index (χ3v) is 4.21. The van der Waals surface area contributed by atoms with Gasteiger partial charge in [-0.15, -0.1) is 11.8 Å². The molecule has 0 aliphatic heterocycles. The van der Waals surface area contributed by atoms with Crippen LogP contribution < -0.4 is 5.73 Å². The third kappa shape index (κ3) is 3.61. The first-order valence-corrected chi connectivity index (χ1v) is 7.54. The summed E-state index contributed by atoms with van der Waals surface area (Å²) in [5.41, 5.74) is 8.06. The molecule has 0 aliphatic rings. The Labute approximate surface area is 122 Å². The van der Waals surface area contributed by atoms with Crippen molar-refractivity contribution in [3.8, 4) is 0 Å². The average Bonchev–Trinajstić information content (AvgIpc) is 2.41. The minimum atomic E-state index is 0.582. The maximum atomic E-state index is 6.15. The Morgan fingerprint density at radius 1 is 1.26 bits per heavy atom. The van der Waals surface area contributed by atoms with E-state index in [9.17, 15) is 0 Å². The van der Waals surface area contributed by atoms with Gasteiger partial charge in [-0.25, -0.2) is 9.97 Å². The molecule has 100 valence electrons. The molecule has 0 saturated heterocycles. The van der Waals surface area contributed by atoms with Crippen LogP contribution in [0, 0.1) is 0 Å². The molecule has 5 heteroatoms. The third-order valence-electron chi connectivity index (χ3n) is 2.76. The van der Waals surface area contributed by atoms with Gasteiger partial charge in [0.1, 0.15) is 17.2 Å². The number of thioether (sulfide) groups is 1. The lowest BCUT2D eigenvalue weighted by Crippen LogP contribution is -2.01. The number of nitrogens with two attached hydrogens (primary N) is 1. The summed E-state index contributed by atoms with van der Waals surface area (Å²) < 4.78 is 0. The largest absolute Gasteiger partial charge is 0.383 e. The lowest BCUT2D eigenvalue weighted by atomic mass is 10.2. The van der Waals surface area contributed by atoms with Crippen molar-refractivity contribution in [2.24, 2.45) is 0 Å². The van der Waals surface area contributed by atoms with Gasteiger partial charge in [-0.1, -0.05) is 43.1 Å². The van der Waals surface area contributed by atoms with E-state index in [2.05, 4.69) is 16.9 Å². The summed E-state index contributed by atoms with van der Waals surface area (Å²) in [7, 11) is 0. The molecule has 0 spiro atoms. The first-order chi connectivity index (χ1) is 9.22. The molecule has 0 atom stereocenters. The molecule has 0 unspecified atom stereocenters. The smallest absolute Gasteiger partial charge is 0.131 e. The first-order valence-electron chi connectivity index (χ1n) is 6.18. The number of halogens is 1. The van der Waals surface area contributed by atoms with Crippen molar-refractivity contribution in [3.63, 3.8) is 0 Å². The van der Waals surface area contributed by atoms with E-state index in [0.717, 1.165) is 39.8 Å². The standard InChI is InChI=1S/C14H16ClN3S/c1-2-5-11-13(16)17-9-18-14(11)19-8-10-6-3-4-7-12(10)15/h3-4,6-7,9H,2,5,8H2,1H3,(H2,16,17,18). The van der Waals surface area contributed by atoms with E-state index in [-0.39, 0.29) is 0 Å². The molecule has 2 rings (SSSR count). The molecule has 1 aromatic heterocycles. The summed E-state index contributed by atoms with van der Waals surface area (Å²) in [6.45, 7) is 2.12. The molecule has 0 saturated carbocycles. The predicted molar refractivity (Wildman–Crippen MR) is 81.5 cm³/mol. The highest BCUT2D eigenvalue weighted by atomic mass is 35.5. The number of benzene rings is 1. The highest BCUT2D eigenvalue weighted by Gasteiger charge is 2.10. The van der Waals surface area contributed by atoms with Crippen molar-refractivity contribution in [2.45, 2.75) is 30.5 Å². The fraction of sp³-hybridized carbons (Fsp3) is 0.286. The Kier molecular flexibility index (Phi) is 5.05. The number of nitrogens with zero attached hydrogens (tertiary/aromatic N) is 2. The number of nitrogen functional groups attached to an aromatic ring is 1. The molecule has 19 heavy (non-hydrogen) atoms. The number of hydrogen-bond donors (Lipinski definition) is 1. The Morgan fingerprint density at radius 3 is 2.79 bits per heavy atom. The van der Waals surface area contributed by atoms with Gasteiger partial charge in [0.15, 0.2) is 0 Å². The Morgan fingerprint density at radius 2 is 2.05 bits per heavy atom. The minimum Gasteiger partial charge on any atom is -0.383 e. The summed E-state index contributed by atoms with van der Waals surface area (Å²) in [6, 6.07) is 7.85. The van der Waals surface area contributed by atoms with Crippen LogP contribution in [0.25, 0.3) is 0 Å². The van der Waals surface area contributed by atoms with Gasteiger partial charge in [0.05, 0.1) is 0 Å². The fourth-order valence-electron chi connectivity index (χ4n) is 1.78. The van der Waals surface area contributed by atoms with Crippen LogP contribution in [0.4, 0.5) is 5.82 Å². The van der Waals surface area contributed by atoms with E-state index in [4.69, 9.17) is 17.3 Å². The van der Waals surface area contributed by atoms with Crippen LogP contribution >= 0.6 is 23.4 Å². The number of aromatic nitrogens is 2. The minimum absolute atomic E-state index is 0.582. The predicted octanol–water partition coefficient (Wildman–Crippen LogP) is 3.96. The van der Waals surface area contributed by atoms with E-state index in [1.54, 1.807) is 11.8 Å². The molecule has 0 amide bonds. The van der Waals surface area contributed by atoms with Gasteiger partial charge in [0, 0.05) is 16.3 Å². The van der Waals surface area contributed by atoms with Gasteiger partial charge >= 0.3 is 0 Å². The zero-order valence-corrected chi connectivity index (χ0v) is 12.3. The Bertz CT molecular complexity index is 560. The summed E-state index contributed by atoms with van der Waals surface area (Å²) in [6.07, 6.45) is 3.44. The second-order valence-corrected chi connectivity index (χ2v) is 5.54. The van der Waals surface area contributed by atoms with Crippen LogP contribution in [0.5, 0.6) is 0 Å². The summed E-state index contributed by atoms with van der Waals surface area (Å²) in [5, 5.41) is 1.74. The lowest BCUT2D eigenvalue weighted by molar-refractivity contribution is 0.861. The summed E-state index contributed by atoms with van der Waals surface area (Å²) in [4.78, 5) is 8.39. The lowest BCUT2D eigenvalue weighted by Gasteiger charge is -2.09. The van der Waals surface area contributed by atoms with Gasteiger partial charge in [0.25, 0.3) is 0 Å². The molecule has 3 nitrogen and oxygen atoms in total. The number of rotatable bonds is 5. The van der Waals surface area contributed by atoms with Gasteiger partial charge in [-0.2, -0.15) is 0 Å². The van der Waals surface area contributed by atoms with E-state index in [0.29, 0.717) is 5.82 Å². The zero-order valence-electron chi connectivity index (χ0n) is 10.8. The van der Waals surface area contributed by atoms with Crippen molar-refractivity contribution in [3.05, 3.63) is 46.7 Å². The maximum Gasteiger partial charge on any atom is 0.131 e. The van der Waals surface area contributed by atoms with Crippen LogP contribution in [-0.2, 0) is 12.2 Å². The van der Waals surface area contributed by atoms with Crippen molar-refractivity contribution in [1.82, 2.24) is 9.97 Å². The molecule has 2 aromatic rings. The van der Waals surface area contributed by atoms with Crippen molar-refractivity contribution in [2.75, 3.05) is 5.73 Å². The molecule has 1 heterocycles. The fourth-order valence-corrected chi connectivity index (χ4v) is 3.11. The van der Waals surface area contributed by atoms with Crippen LogP contribution in [0.2, 0.25) is 5.02 Å². The van der Waals surface area contributed by atoms with Crippen LogP contribution in [-0.4, -0.2) is 9.97 Å². The highest BCUT2D eigenvalue weighted by molar-refractivity contribution is 7.98. The van der Waals surface area contributed by atoms with E-state index in [1.807, 2.05) is 24.3 Å². The van der Waals surface area contributed by atoms with Crippen molar-refractivity contribution >= 4 is 29.2 Å². The monoisotopic (exact) mass is 293 g/mol. The van der Waals surface area contributed by atoms with Crippen molar-refractivity contribution < 1.29 is 0 Å². The van der Waals surface area contributed by atoms with Gasteiger partial charge in [-0.05, 0) is 18.1 Å². The summed E-state index contributed by atoms with van der Waals surface area (Å²) >= 11 is 7.80. The van der Waals surface area contributed by atoms with Gasteiger partial charge in [-0.3, -0.25) is 0 Å². The molecule has 0 fully saturated rings. The molecule has 0 aliphatic carbocycles. The first kappa shape index (κ1) is 14.2. The second kappa shape index (κ2) is 6.78. The average molecular weight is 294 g/mol. The molecule has 0 bridgehead atoms. The van der Waals surface area contributed by atoms with Gasteiger partial charge < -0.3 is 5.73 Å². The van der Waals surface area contributed by atoms with E-state index in [1.165, 1.54) is 6.33 Å². The number of hydrogen-bond acceptors (Lipinski definition) is 4. The van der Waals surface area contributed by atoms with E-state index >= 15 is 0 Å². The second-order valence-electron chi connectivity index (χ2n) is 4.17. The van der Waals surface area contributed by atoms with Gasteiger partial charge in [0.2, 0.25) is 0 Å². The van der Waals surface area contributed by atoms with Crippen molar-refractivity contribution in [1.29, 1.82) is 0 Å². The molecule has 0 radical (unpaired) electrons. The maximum absolute atomic E-state index is 6.15. The SMILES string of the molecule is CCCc1c(N)ncnc1SCc1ccccc1Cl. The van der Waals surface area contributed by atoms with Crippen LogP contribution in [0.3, 0.4) is 0 Å². The van der Waals surface area contributed by atoms with Crippen LogP contribution in [0.1, 0.15) is 24.5 Å². The summed E-state index contributed by atoms with van der Waals surface area (Å²) in [5.74, 6) is 1.37. The van der Waals surface area contributed by atoms with Crippen LogP contribution in [0.15, 0.2) is 35.6 Å². The van der Waals surface area contributed by atoms with E-state index < -0.39 is 0 Å². The molecule has 1 aromatic carbocycles. The normalized spacial score (nSPS) is 10.6. The topological polar surface area (TPSA) is 51.8 Å². The zero-order chi connectivity index (χ0) is 13.7. The Hall–Kier alpha value is -1.26. The highest BCUT2D eigenvalue weighted by Crippen LogP contribution is 2.29. The molecular formula is C14H16ClN3S. The quantitative estimate of drug-likeness (QED) is 0.670. The molecular weight excluding hydrogens is 278 g/mol. The molecule has 2 N–H and O–H groups in total.